The lowest BCUT2D eigenvalue weighted by molar-refractivity contribution is 0.569. The van der Waals surface area contributed by atoms with Gasteiger partial charge in [-0.2, -0.15) is 0 Å². The summed E-state index contributed by atoms with van der Waals surface area (Å²) in [6.07, 6.45) is 5.08. The second-order valence-corrected chi connectivity index (χ2v) is 29.5. The van der Waals surface area contributed by atoms with Crippen molar-refractivity contribution in [3.63, 3.8) is 0 Å². The van der Waals surface area contributed by atoms with E-state index in [2.05, 4.69) is 268 Å². The molecule has 1 fully saturated rings. The zero-order chi connectivity index (χ0) is 55.1. The van der Waals surface area contributed by atoms with Gasteiger partial charge < -0.3 is 14.2 Å². The number of nitrogens with zero attached hydrogens (tertiary/aromatic N) is 2. The van der Waals surface area contributed by atoms with Crippen molar-refractivity contribution in [1.29, 1.82) is 0 Å². The molecule has 0 unspecified atom stereocenters. The first-order valence-electron chi connectivity index (χ1n) is 29.0. The van der Waals surface area contributed by atoms with Gasteiger partial charge in [0.05, 0.1) is 17.0 Å². The molecule has 0 bridgehead atoms. The molecule has 1 aliphatic carbocycles. The molecule has 0 saturated heterocycles. The molecule has 8 aromatic rings. The van der Waals surface area contributed by atoms with Crippen LogP contribution in [-0.4, -0.2) is 6.71 Å². The molecular formula is C73H85BN2O. The van der Waals surface area contributed by atoms with Gasteiger partial charge in [-0.3, -0.25) is 0 Å². The van der Waals surface area contributed by atoms with E-state index in [9.17, 15) is 0 Å². The van der Waals surface area contributed by atoms with Gasteiger partial charge in [0.15, 0.2) is 0 Å². The standard InChI is InChI=1S/C73H85BN2O/c1-68(2,3)50-28-23-47(24-29-50)57-39-48(45-21-19-20-22-45)27-34-60(57)76-63-44-55(73(16,17)18)43-62-65(63)74(67-66(76)58-41-51(69(4,5)6)31-36-64(58)77-67)59-42-52(70(7,8)9)30-35-61(59)75(62)56-32-25-46(26-33-56)49-37-53(71(10,11)12)40-54(38-49)72(13,14)15/h23-45H,19-22H2,1-18H3. The van der Waals surface area contributed by atoms with Gasteiger partial charge in [0, 0.05) is 33.7 Å². The van der Waals surface area contributed by atoms with E-state index in [-0.39, 0.29) is 39.2 Å². The number of anilines is 6. The second kappa shape index (κ2) is 18.2. The molecule has 0 atom stereocenters. The molecule has 7 aromatic carbocycles. The van der Waals surface area contributed by atoms with Crippen LogP contribution in [0.3, 0.4) is 0 Å². The maximum Gasteiger partial charge on any atom is 0.297 e. The van der Waals surface area contributed by atoms with Crippen molar-refractivity contribution >= 4 is 68.4 Å². The summed E-state index contributed by atoms with van der Waals surface area (Å²) >= 11 is 0. The summed E-state index contributed by atoms with van der Waals surface area (Å²) in [5.74, 6) is 0.565. The highest BCUT2D eigenvalue weighted by molar-refractivity contribution is 7.00. The number of fused-ring (bicyclic) bond motifs is 6. The van der Waals surface area contributed by atoms with Crippen molar-refractivity contribution in [2.75, 3.05) is 9.80 Å². The monoisotopic (exact) mass is 1020 g/mol. The molecule has 3 heterocycles. The minimum absolute atomic E-state index is 0.0190. The molecule has 396 valence electrons. The Kier molecular flexibility index (Phi) is 12.4. The van der Waals surface area contributed by atoms with Gasteiger partial charge in [-0.15, -0.1) is 0 Å². The van der Waals surface area contributed by atoms with E-state index in [0.717, 1.165) is 28.0 Å². The molecule has 0 radical (unpaired) electrons. The predicted molar refractivity (Wildman–Crippen MR) is 335 cm³/mol. The van der Waals surface area contributed by atoms with Crippen molar-refractivity contribution in [1.82, 2.24) is 0 Å². The van der Waals surface area contributed by atoms with Crippen molar-refractivity contribution < 1.29 is 4.42 Å². The molecule has 0 amide bonds. The molecule has 0 spiro atoms. The summed E-state index contributed by atoms with van der Waals surface area (Å²) in [5.41, 5.74) is 25.8. The van der Waals surface area contributed by atoms with Crippen molar-refractivity contribution in [2.45, 2.75) is 189 Å². The maximum absolute atomic E-state index is 7.56. The number of hydrogen-bond acceptors (Lipinski definition) is 3. The minimum atomic E-state index is -0.169. The van der Waals surface area contributed by atoms with Crippen LogP contribution >= 0.6 is 0 Å². The molecular weight excluding hydrogens is 932 g/mol. The van der Waals surface area contributed by atoms with Crippen molar-refractivity contribution in [2.24, 2.45) is 0 Å². The van der Waals surface area contributed by atoms with Crippen LogP contribution in [0.4, 0.5) is 34.1 Å². The van der Waals surface area contributed by atoms with Crippen LogP contribution in [0.5, 0.6) is 0 Å². The second-order valence-electron chi connectivity index (χ2n) is 29.5. The Balaban J connectivity index is 1.22. The zero-order valence-corrected chi connectivity index (χ0v) is 50.0. The number of rotatable bonds is 5. The van der Waals surface area contributed by atoms with Gasteiger partial charge in [0.2, 0.25) is 0 Å². The number of furan rings is 1. The van der Waals surface area contributed by atoms with Gasteiger partial charge in [-0.1, -0.05) is 216 Å². The summed E-state index contributed by atoms with van der Waals surface area (Å²) in [5, 5.41) is 1.16. The number of hydrogen-bond donors (Lipinski definition) is 0. The summed E-state index contributed by atoms with van der Waals surface area (Å²) in [6, 6.07) is 53.1. The Labute approximate surface area is 463 Å². The van der Waals surface area contributed by atoms with Gasteiger partial charge in [-0.05, 0) is 172 Å². The number of benzene rings is 7. The van der Waals surface area contributed by atoms with Crippen LogP contribution in [0.1, 0.15) is 195 Å². The van der Waals surface area contributed by atoms with Crippen LogP contribution in [0.15, 0.2) is 138 Å². The maximum atomic E-state index is 7.56. The summed E-state index contributed by atoms with van der Waals surface area (Å²) in [7, 11) is 0. The zero-order valence-electron chi connectivity index (χ0n) is 50.0. The summed E-state index contributed by atoms with van der Waals surface area (Å²) in [6.45, 7) is 41.9. The molecule has 3 aliphatic rings. The van der Waals surface area contributed by atoms with E-state index in [1.54, 1.807) is 0 Å². The first-order chi connectivity index (χ1) is 35.9. The topological polar surface area (TPSA) is 19.6 Å². The molecule has 4 heteroatoms. The fourth-order valence-corrected chi connectivity index (χ4v) is 12.5. The summed E-state index contributed by atoms with van der Waals surface area (Å²) in [4.78, 5) is 5.24. The van der Waals surface area contributed by atoms with Crippen LogP contribution in [0.2, 0.25) is 0 Å². The Morgan fingerprint density at radius 1 is 0.403 bits per heavy atom. The highest BCUT2D eigenvalue weighted by Crippen LogP contribution is 2.52. The van der Waals surface area contributed by atoms with Crippen molar-refractivity contribution in [3.05, 3.63) is 172 Å². The average Bonchev–Trinajstić information content (AvgIpc) is 4.23. The van der Waals surface area contributed by atoms with Crippen LogP contribution < -0.4 is 26.4 Å². The first-order valence-corrected chi connectivity index (χ1v) is 29.0. The van der Waals surface area contributed by atoms with Crippen molar-refractivity contribution in [3.8, 4) is 22.3 Å². The van der Waals surface area contributed by atoms with Gasteiger partial charge in [0.1, 0.15) is 5.58 Å². The molecule has 3 nitrogen and oxygen atoms in total. The smallest absolute Gasteiger partial charge is 0.297 e. The summed E-state index contributed by atoms with van der Waals surface area (Å²) < 4.78 is 7.56. The molecule has 1 saturated carbocycles. The Morgan fingerprint density at radius 2 is 0.896 bits per heavy atom. The Hall–Kier alpha value is -6.26. The van der Waals surface area contributed by atoms with Gasteiger partial charge in [0.25, 0.3) is 6.71 Å². The Morgan fingerprint density at radius 3 is 1.47 bits per heavy atom. The quantitative estimate of drug-likeness (QED) is 0.160. The minimum Gasteiger partial charge on any atom is -0.468 e. The highest BCUT2D eigenvalue weighted by Gasteiger charge is 2.48. The third-order valence-corrected chi connectivity index (χ3v) is 17.5. The highest BCUT2D eigenvalue weighted by atomic mass is 16.3. The fraction of sp³-hybridized carbons (Fsp3) is 0.397. The largest absolute Gasteiger partial charge is 0.468 e. The van der Waals surface area contributed by atoms with E-state index >= 15 is 0 Å². The van der Waals surface area contributed by atoms with E-state index in [1.807, 2.05) is 0 Å². The normalized spacial score (nSPS) is 15.3. The van der Waals surface area contributed by atoms with Gasteiger partial charge >= 0.3 is 0 Å². The van der Waals surface area contributed by atoms with Crippen LogP contribution in [0, 0.1) is 0 Å². The molecule has 1 aromatic heterocycles. The van der Waals surface area contributed by atoms with E-state index in [0.29, 0.717) is 5.92 Å². The average molecular weight is 1020 g/mol. The fourth-order valence-electron chi connectivity index (χ4n) is 12.5. The van der Waals surface area contributed by atoms with Gasteiger partial charge in [-0.25, -0.2) is 0 Å². The lowest BCUT2D eigenvalue weighted by atomic mass is 9.35. The Bertz CT molecular complexity index is 3550. The first kappa shape index (κ1) is 52.8. The lowest BCUT2D eigenvalue weighted by Crippen LogP contribution is -2.61. The van der Waals surface area contributed by atoms with Crippen LogP contribution in [-0.2, 0) is 32.5 Å². The third-order valence-electron chi connectivity index (χ3n) is 17.5. The van der Waals surface area contributed by atoms with Crippen LogP contribution in [0.25, 0.3) is 33.2 Å². The van der Waals surface area contributed by atoms with E-state index < -0.39 is 0 Å². The third kappa shape index (κ3) is 9.48. The SMILES string of the molecule is CC(C)(C)c1ccc(-c2cc(C3CCCC3)ccc2N2c3cc(C(C)(C)C)cc4c3B(c3cc(C(C)(C)C)ccc3N4c3ccc(-c4cc(C(C)(C)C)cc(C(C)(C)C)c4)cc3)c3oc4ccc(C(C)(C)C)cc4c32)cc1. The van der Waals surface area contributed by atoms with E-state index in [1.165, 1.54) is 121 Å². The molecule has 0 N–H and O–H groups in total. The lowest BCUT2D eigenvalue weighted by Gasteiger charge is -2.44. The predicted octanol–water partition coefficient (Wildman–Crippen LogP) is 19.3. The molecule has 11 rings (SSSR count). The molecule has 77 heavy (non-hydrogen) atoms. The van der Waals surface area contributed by atoms with E-state index in [4.69, 9.17) is 4.42 Å². The molecule has 2 aliphatic heterocycles.